The first-order chi connectivity index (χ1) is 11.6. The molecule has 0 bridgehead atoms. The number of hydrogen-bond donors (Lipinski definition) is 2. The van der Waals surface area contributed by atoms with Crippen molar-refractivity contribution in [1.29, 1.82) is 0 Å². The van der Waals surface area contributed by atoms with E-state index < -0.39 is 10.0 Å². The van der Waals surface area contributed by atoms with Crippen LogP contribution >= 0.6 is 0 Å². The third kappa shape index (κ3) is 4.67. The first-order valence-corrected chi connectivity index (χ1v) is 9.91. The van der Waals surface area contributed by atoms with E-state index in [1.165, 1.54) is 0 Å². The zero-order valence-electron chi connectivity index (χ0n) is 13.7. The molecule has 1 aliphatic carbocycles. The number of unbranched alkanes of at least 4 members (excludes halogenated alkanes) is 1. The highest BCUT2D eigenvalue weighted by Crippen LogP contribution is 2.38. The lowest BCUT2D eigenvalue weighted by molar-refractivity contribution is 0.598. The van der Waals surface area contributed by atoms with E-state index in [-0.39, 0.29) is 5.75 Å². The monoisotopic (exact) mass is 346 g/mol. The van der Waals surface area contributed by atoms with Crippen LogP contribution < -0.4 is 10.0 Å². The molecule has 128 valence electrons. The standard InChI is InChI=1S/C17H22N4O2S/c1-2-3-12-24(22,23)21-15-8-6-14(7-9-15)19-16-10-11-18-17(20-16)13-4-5-13/h6-11,13,21H,2-5,12H2,1H3,(H,18,19,20). The summed E-state index contributed by atoms with van der Waals surface area (Å²) in [6.45, 7) is 1.97. The fourth-order valence-corrected chi connectivity index (χ4v) is 3.58. The fourth-order valence-electron chi connectivity index (χ4n) is 2.32. The molecule has 1 aromatic carbocycles. The van der Waals surface area contributed by atoms with Crippen molar-refractivity contribution >= 4 is 27.2 Å². The van der Waals surface area contributed by atoms with Gasteiger partial charge in [0.25, 0.3) is 0 Å². The maximum Gasteiger partial charge on any atom is 0.232 e. The Bertz CT molecular complexity index is 786. The summed E-state index contributed by atoms with van der Waals surface area (Å²) >= 11 is 0. The van der Waals surface area contributed by atoms with Gasteiger partial charge < -0.3 is 5.32 Å². The molecule has 0 amide bonds. The number of benzene rings is 1. The molecule has 0 spiro atoms. The molecule has 0 unspecified atom stereocenters. The minimum Gasteiger partial charge on any atom is -0.340 e. The van der Waals surface area contributed by atoms with Gasteiger partial charge in [0.1, 0.15) is 11.6 Å². The highest BCUT2D eigenvalue weighted by Gasteiger charge is 2.26. The van der Waals surface area contributed by atoms with Gasteiger partial charge in [-0.1, -0.05) is 13.3 Å². The molecule has 1 saturated carbocycles. The molecule has 7 heteroatoms. The Morgan fingerprint density at radius 3 is 2.50 bits per heavy atom. The van der Waals surface area contributed by atoms with E-state index in [9.17, 15) is 8.42 Å². The molecule has 1 heterocycles. The number of nitrogens with one attached hydrogen (secondary N) is 2. The number of rotatable bonds is 8. The van der Waals surface area contributed by atoms with Crippen LogP contribution in [0.25, 0.3) is 0 Å². The van der Waals surface area contributed by atoms with Gasteiger partial charge in [0.2, 0.25) is 10.0 Å². The summed E-state index contributed by atoms with van der Waals surface area (Å²) in [4.78, 5) is 8.81. The topological polar surface area (TPSA) is 84.0 Å². The van der Waals surface area contributed by atoms with Gasteiger partial charge in [-0.05, 0) is 49.6 Å². The molecule has 24 heavy (non-hydrogen) atoms. The molecule has 1 fully saturated rings. The quantitative estimate of drug-likeness (QED) is 0.762. The van der Waals surface area contributed by atoms with Gasteiger partial charge in [-0.3, -0.25) is 4.72 Å². The Labute approximate surface area is 142 Å². The van der Waals surface area contributed by atoms with Crippen LogP contribution in [-0.4, -0.2) is 24.1 Å². The maximum atomic E-state index is 11.9. The Morgan fingerprint density at radius 1 is 1.12 bits per heavy atom. The summed E-state index contributed by atoms with van der Waals surface area (Å²) in [6, 6.07) is 8.98. The van der Waals surface area contributed by atoms with Crippen LogP contribution in [0.1, 0.15) is 44.3 Å². The minimum atomic E-state index is -3.27. The zero-order valence-corrected chi connectivity index (χ0v) is 14.5. The SMILES string of the molecule is CCCCS(=O)(=O)Nc1ccc(Nc2ccnc(C3CC3)n2)cc1. The second-order valence-corrected chi connectivity index (χ2v) is 7.89. The van der Waals surface area contributed by atoms with Gasteiger partial charge >= 0.3 is 0 Å². The molecular weight excluding hydrogens is 324 g/mol. The number of aromatic nitrogens is 2. The van der Waals surface area contributed by atoms with E-state index in [4.69, 9.17) is 0 Å². The molecule has 0 aliphatic heterocycles. The highest BCUT2D eigenvalue weighted by atomic mass is 32.2. The Balaban J connectivity index is 1.63. The van der Waals surface area contributed by atoms with Crippen LogP contribution in [0, 0.1) is 0 Å². The summed E-state index contributed by atoms with van der Waals surface area (Å²) in [5, 5.41) is 3.22. The Kier molecular flexibility index (Phi) is 4.99. The van der Waals surface area contributed by atoms with Gasteiger partial charge in [-0.25, -0.2) is 18.4 Å². The predicted octanol–water partition coefficient (Wildman–Crippen LogP) is 3.64. The predicted molar refractivity (Wildman–Crippen MR) is 96.0 cm³/mol. The van der Waals surface area contributed by atoms with Crippen molar-refractivity contribution in [2.24, 2.45) is 0 Å². The molecular formula is C17H22N4O2S. The summed E-state index contributed by atoms with van der Waals surface area (Å²) in [7, 11) is -3.27. The van der Waals surface area contributed by atoms with Gasteiger partial charge in [0, 0.05) is 23.5 Å². The fraction of sp³-hybridized carbons (Fsp3) is 0.412. The molecule has 0 atom stereocenters. The van der Waals surface area contributed by atoms with E-state index in [0.29, 0.717) is 18.0 Å². The lowest BCUT2D eigenvalue weighted by atomic mass is 10.3. The lowest BCUT2D eigenvalue weighted by Crippen LogP contribution is -2.16. The van der Waals surface area contributed by atoms with Crippen molar-refractivity contribution in [3.63, 3.8) is 0 Å². The third-order valence-corrected chi connectivity index (χ3v) is 5.19. The normalized spacial score (nSPS) is 14.4. The molecule has 2 N–H and O–H groups in total. The second-order valence-electron chi connectivity index (χ2n) is 6.05. The van der Waals surface area contributed by atoms with Crippen LogP contribution in [0.2, 0.25) is 0 Å². The van der Waals surface area contributed by atoms with Gasteiger partial charge in [0.05, 0.1) is 5.75 Å². The Hall–Kier alpha value is -2.15. The smallest absolute Gasteiger partial charge is 0.232 e. The number of anilines is 3. The number of sulfonamides is 1. The molecule has 0 radical (unpaired) electrons. The van der Waals surface area contributed by atoms with Crippen LogP contribution in [0.5, 0.6) is 0 Å². The number of nitrogens with zero attached hydrogens (tertiary/aromatic N) is 2. The molecule has 1 aromatic heterocycles. The van der Waals surface area contributed by atoms with Crippen molar-refractivity contribution in [2.45, 2.75) is 38.5 Å². The van der Waals surface area contributed by atoms with Gasteiger partial charge in [-0.15, -0.1) is 0 Å². The summed E-state index contributed by atoms with van der Waals surface area (Å²) < 4.78 is 26.4. The van der Waals surface area contributed by atoms with Crippen molar-refractivity contribution < 1.29 is 8.42 Å². The summed E-state index contributed by atoms with van der Waals surface area (Å²) in [6.07, 6.45) is 5.60. The molecule has 0 saturated heterocycles. The van der Waals surface area contributed by atoms with E-state index in [1.54, 1.807) is 18.3 Å². The second kappa shape index (κ2) is 7.17. The summed E-state index contributed by atoms with van der Waals surface area (Å²) in [5.74, 6) is 2.30. The van der Waals surface area contributed by atoms with Crippen molar-refractivity contribution in [1.82, 2.24) is 9.97 Å². The zero-order chi connectivity index (χ0) is 17.0. The molecule has 3 rings (SSSR count). The molecule has 1 aliphatic rings. The Morgan fingerprint density at radius 2 is 1.83 bits per heavy atom. The molecule has 6 nitrogen and oxygen atoms in total. The van der Waals surface area contributed by atoms with Gasteiger partial charge in [-0.2, -0.15) is 0 Å². The lowest BCUT2D eigenvalue weighted by Gasteiger charge is -2.10. The van der Waals surface area contributed by atoms with Crippen molar-refractivity contribution in [3.8, 4) is 0 Å². The number of hydrogen-bond acceptors (Lipinski definition) is 5. The first-order valence-electron chi connectivity index (χ1n) is 8.26. The van der Waals surface area contributed by atoms with E-state index in [1.807, 2.05) is 25.1 Å². The minimum absolute atomic E-state index is 0.147. The average molecular weight is 346 g/mol. The third-order valence-electron chi connectivity index (χ3n) is 3.81. The average Bonchev–Trinajstić information content (AvgIpc) is 3.40. The van der Waals surface area contributed by atoms with Crippen LogP contribution in [0.4, 0.5) is 17.2 Å². The maximum absolute atomic E-state index is 11.9. The van der Waals surface area contributed by atoms with Crippen LogP contribution in [-0.2, 0) is 10.0 Å². The van der Waals surface area contributed by atoms with Crippen molar-refractivity contribution in [2.75, 3.05) is 15.8 Å². The van der Waals surface area contributed by atoms with Crippen molar-refractivity contribution in [3.05, 3.63) is 42.4 Å². The highest BCUT2D eigenvalue weighted by molar-refractivity contribution is 7.92. The van der Waals surface area contributed by atoms with E-state index in [0.717, 1.165) is 36.6 Å². The molecule has 2 aromatic rings. The van der Waals surface area contributed by atoms with Gasteiger partial charge in [0.15, 0.2) is 0 Å². The van der Waals surface area contributed by atoms with E-state index >= 15 is 0 Å². The first kappa shape index (κ1) is 16.7. The summed E-state index contributed by atoms with van der Waals surface area (Å²) in [5.41, 5.74) is 1.42. The van der Waals surface area contributed by atoms with Crippen LogP contribution in [0.15, 0.2) is 36.5 Å². The van der Waals surface area contributed by atoms with Crippen LogP contribution in [0.3, 0.4) is 0 Å². The van der Waals surface area contributed by atoms with E-state index in [2.05, 4.69) is 20.0 Å². The largest absolute Gasteiger partial charge is 0.340 e.